The molecule has 0 unspecified atom stereocenters. The highest BCUT2D eigenvalue weighted by Crippen LogP contribution is 2.29. The molecule has 0 spiro atoms. The Kier molecular flexibility index (Phi) is 3.83. The van der Waals surface area contributed by atoms with E-state index < -0.39 is 0 Å². The minimum Gasteiger partial charge on any atom is -0.288 e. The molecule has 0 saturated heterocycles. The Balaban J connectivity index is 1.56. The summed E-state index contributed by atoms with van der Waals surface area (Å²) in [5.74, 6) is -0.363. The van der Waals surface area contributed by atoms with Crippen LogP contribution in [0.5, 0.6) is 0 Å². The minimum absolute atomic E-state index is 0.0926. The van der Waals surface area contributed by atoms with Crippen molar-refractivity contribution in [2.75, 3.05) is 0 Å². The first-order chi connectivity index (χ1) is 13.7. The van der Waals surface area contributed by atoms with Crippen molar-refractivity contribution in [2.45, 2.75) is 13.1 Å². The molecule has 5 rings (SSSR count). The third-order valence-electron chi connectivity index (χ3n) is 4.97. The maximum absolute atomic E-state index is 14.9. The molecule has 2 aromatic carbocycles. The first kappa shape index (κ1) is 16.5. The molecule has 136 valence electrons. The van der Waals surface area contributed by atoms with E-state index in [1.807, 2.05) is 30.5 Å². The zero-order chi connectivity index (χ0) is 19.1. The topological polar surface area (TPSA) is 60.1 Å². The average Bonchev–Trinajstić information content (AvgIpc) is 3.20. The lowest BCUT2D eigenvalue weighted by atomic mass is 9.96. The van der Waals surface area contributed by atoms with Crippen molar-refractivity contribution in [3.63, 3.8) is 0 Å². The van der Waals surface area contributed by atoms with Gasteiger partial charge in [-0.05, 0) is 34.9 Å². The van der Waals surface area contributed by atoms with Crippen molar-refractivity contribution in [2.24, 2.45) is 4.99 Å². The maximum Gasteiger partial charge on any atom is 0.270 e. The third kappa shape index (κ3) is 2.70. The summed E-state index contributed by atoms with van der Waals surface area (Å²) in [6.07, 6.45) is 4.67. The van der Waals surface area contributed by atoms with Crippen LogP contribution in [0.25, 0.3) is 22.3 Å². The van der Waals surface area contributed by atoms with Crippen LogP contribution in [0.2, 0.25) is 0 Å². The zero-order valence-electron chi connectivity index (χ0n) is 14.8. The quantitative estimate of drug-likeness (QED) is 0.554. The summed E-state index contributed by atoms with van der Waals surface area (Å²) in [4.78, 5) is 24.9. The number of rotatable bonds is 3. The summed E-state index contributed by atoms with van der Waals surface area (Å²) < 4.78 is 16.4. The van der Waals surface area contributed by atoms with E-state index in [-0.39, 0.29) is 17.9 Å². The molecule has 5 nitrogen and oxygen atoms in total. The second kappa shape index (κ2) is 6.49. The summed E-state index contributed by atoms with van der Waals surface area (Å²) in [5, 5.41) is 0. The van der Waals surface area contributed by atoms with Gasteiger partial charge in [0.25, 0.3) is 5.56 Å². The monoisotopic (exact) mass is 370 g/mol. The van der Waals surface area contributed by atoms with Gasteiger partial charge in [-0.15, -0.1) is 0 Å². The Labute approximate surface area is 159 Å². The molecule has 0 atom stereocenters. The number of pyridine rings is 1. The fourth-order valence-corrected chi connectivity index (χ4v) is 3.55. The van der Waals surface area contributed by atoms with E-state index in [0.717, 1.165) is 22.3 Å². The standard InChI is InChI=1S/C22H15FN4O/c23-19-9-14(17-4-1-3-15-10-24-11-18(15)17)6-7-16(19)13-27-21(28)12-26-20-5-2-8-25-22(20)27/h1-9,11-12H,10,13H2. The molecule has 1 aliphatic rings. The number of aromatic nitrogens is 3. The van der Waals surface area contributed by atoms with Crippen LogP contribution < -0.4 is 5.56 Å². The smallest absolute Gasteiger partial charge is 0.270 e. The fraction of sp³-hybridized carbons (Fsp3) is 0.0909. The number of halogens is 1. The maximum atomic E-state index is 14.9. The van der Waals surface area contributed by atoms with E-state index in [1.54, 1.807) is 24.4 Å². The molecule has 3 heterocycles. The summed E-state index contributed by atoms with van der Waals surface area (Å²) in [6.45, 7) is 0.754. The molecule has 6 heteroatoms. The van der Waals surface area contributed by atoms with Gasteiger partial charge in [-0.1, -0.05) is 30.3 Å². The Morgan fingerprint density at radius 2 is 2.00 bits per heavy atom. The lowest BCUT2D eigenvalue weighted by Gasteiger charge is -2.12. The normalized spacial score (nSPS) is 12.5. The Bertz CT molecular complexity index is 1310. The van der Waals surface area contributed by atoms with Gasteiger partial charge in [-0.25, -0.2) is 14.4 Å². The van der Waals surface area contributed by atoms with Gasteiger partial charge in [0, 0.05) is 23.5 Å². The highest BCUT2D eigenvalue weighted by molar-refractivity contribution is 5.94. The van der Waals surface area contributed by atoms with E-state index in [4.69, 9.17) is 0 Å². The molecule has 4 aromatic rings. The molecular weight excluding hydrogens is 355 g/mol. The average molecular weight is 370 g/mol. The molecule has 2 aromatic heterocycles. The van der Waals surface area contributed by atoms with Gasteiger partial charge in [0.05, 0.1) is 19.3 Å². The van der Waals surface area contributed by atoms with Crippen molar-refractivity contribution in [3.05, 3.63) is 93.8 Å². The molecule has 1 aliphatic heterocycles. The van der Waals surface area contributed by atoms with Crippen molar-refractivity contribution >= 4 is 17.4 Å². The van der Waals surface area contributed by atoms with Crippen LogP contribution in [0, 0.1) is 5.82 Å². The SMILES string of the molecule is O=c1cnc2cccnc2n1Cc1ccc(-c2cccc3c2C=NC3)cc1F. The van der Waals surface area contributed by atoms with Crippen LogP contribution in [0.1, 0.15) is 16.7 Å². The largest absolute Gasteiger partial charge is 0.288 e. The first-order valence-corrected chi connectivity index (χ1v) is 8.92. The molecule has 0 saturated carbocycles. The van der Waals surface area contributed by atoms with Gasteiger partial charge in [0.15, 0.2) is 5.65 Å². The third-order valence-corrected chi connectivity index (χ3v) is 4.97. The fourth-order valence-electron chi connectivity index (χ4n) is 3.55. The first-order valence-electron chi connectivity index (χ1n) is 8.92. The molecular formula is C22H15FN4O. The van der Waals surface area contributed by atoms with Gasteiger partial charge in [-0.2, -0.15) is 0 Å². The molecule has 28 heavy (non-hydrogen) atoms. The molecule has 0 N–H and O–H groups in total. The Morgan fingerprint density at radius 3 is 2.89 bits per heavy atom. The van der Waals surface area contributed by atoms with Crippen LogP contribution in [-0.4, -0.2) is 20.7 Å². The lowest BCUT2D eigenvalue weighted by molar-refractivity contribution is 0.599. The number of hydrogen-bond acceptors (Lipinski definition) is 4. The summed E-state index contributed by atoms with van der Waals surface area (Å²) in [5.41, 5.74) is 5.07. The number of fused-ring (bicyclic) bond motifs is 2. The van der Waals surface area contributed by atoms with Crippen molar-refractivity contribution in [3.8, 4) is 11.1 Å². The van der Waals surface area contributed by atoms with Gasteiger partial charge in [-0.3, -0.25) is 14.4 Å². The van der Waals surface area contributed by atoms with E-state index in [1.165, 1.54) is 16.8 Å². The predicted molar refractivity (Wildman–Crippen MR) is 106 cm³/mol. The van der Waals surface area contributed by atoms with Crippen molar-refractivity contribution in [1.82, 2.24) is 14.5 Å². The van der Waals surface area contributed by atoms with E-state index in [0.29, 0.717) is 23.3 Å². The van der Waals surface area contributed by atoms with E-state index in [9.17, 15) is 9.18 Å². The van der Waals surface area contributed by atoms with E-state index in [2.05, 4.69) is 15.0 Å². The predicted octanol–water partition coefficient (Wildman–Crippen LogP) is 3.58. The summed E-state index contributed by atoms with van der Waals surface area (Å²) in [6, 6.07) is 14.6. The van der Waals surface area contributed by atoms with Crippen LogP contribution in [0.15, 0.2) is 70.7 Å². The van der Waals surface area contributed by atoms with E-state index >= 15 is 0 Å². The highest BCUT2D eigenvalue weighted by Gasteiger charge is 2.14. The van der Waals surface area contributed by atoms with Crippen LogP contribution >= 0.6 is 0 Å². The van der Waals surface area contributed by atoms with Gasteiger partial charge >= 0.3 is 0 Å². The second-order valence-corrected chi connectivity index (χ2v) is 6.68. The van der Waals surface area contributed by atoms with Gasteiger partial charge in [0.2, 0.25) is 0 Å². The zero-order valence-corrected chi connectivity index (χ0v) is 14.8. The Hall–Kier alpha value is -3.67. The molecule has 0 radical (unpaired) electrons. The molecule has 0 amide bonds. The lowest BCUT2D eigenvalue weighted by Crippen LogP contribution is -2.22. The molecule has 0 fully saturated rings. The van der Waals surface area contributed by atoms with Crippen LogP contribution in [0.4, 0.5) is 4.39 Å². The summed E-state index contributed by atoms with van der Waals surface area (Å²) in [7, 11) is 0. The number of nitrogens with zero attached hydrogens (tertiary/aromatic N) is 4. The minimum atomic E-state index is -0.363. The van der Waals surface area contributed by atoms with Crippen molar-refractivity contribution < 1.29 is 4.39 Å². The number of benzene rings is 2. The van der Waals surface area contributed by atoms with Gasteiger partial charge < -0.3 is 0 Å². The Morgan fingerprint density at radius 1 is 1.07 bits per heavy atom. The van der Waals surface area contributed by atoms with Crippen LogP contribution in [-0.2, 0) is 13.1 Å². The molecule has 0 bridgehead atoms. The number of aliphatic imine (C=N–C) groups is 1. The highest BCUT2D eigenvalue weighted by atomic mass is 19.1. The second-order valence-electron chi connectivity index (χ2n) is 6.68. The van der Waals surface area contributed by atoms with Crippen molar-refractivity contribution in [1.29, 1.82) is 0 Å². The van der Waals surface area contributed by atoms with Gasteiger partial charge in [0.1, 0.15) is 11.3 Å². The molecule has 0 aliphatic carbocycles. The number of hydrogen-bond donors (Lipinski definition) is 0. The summed E-state index contributed by atoms with van der Waals surface area (Å²) >= 11 is 0. The van der Waals surface area contributed by atoms with Crippen LogP contribution in [0.3, 0.4) is 0 Å².